The van der Waals surface area contributed by atoms with Crippen LogP contribution in [0.2, 0.25) is 0 Å². The molecule has 0 amide bonds. The minimum atomic E-state index is 0.0131. The summed E-state index contributed by atoms with van der Waals surface area (Å²) in [7, 11) is 0. The van der Waals surface area contributed by atoms with Crippen molar-refractivity contribution in [1.29, 1.82) is 0 Å². The number of rotatable bonds is 2. The smallest absolute Gasteiger partial charge is 0.261 e. The van der Waals surface area contributed by atoms with Crippen LogP contribution < -0.4 is 11.3 Å². The SMILES string of the molecule is Cc1nc2sccn2c(=O)c1CCN. The van der Waals surface area contributed by atoms with E-state index in [1.165, 1.54) is 11.3 Å². The summed E-state index contributed by atoms with van der Waals surface area (Å²) in [5.74, 6) is 0. The average molecular weight is 209 g/mol. The van der Waals surface area contributed by atoms with Gasteiger partial charge in [0, 0.05) is 22.8 Å². The second-order valence-electron chi connectivity index (χ2n) is 3.08. The Balaban J connectivity index is 2.76. The third-order valence-electron chi connectivity index (χ3n) is 2.16. The Morgan fingerprint density at radius 2 is 2.43 bits per heavy atom. The van der Waals surface area contributed by atoms with Gasteiger partial charge in [0.05, 0.1) is 0 Å². The summed E-state index contributed by atoms with van der Waals surface area (Å²) in [6.07, 6.45) is 2.34. The molecule has 0 radical (unpaired) electrons. The number of hydrogen-bond donors (Lipinski definition) is 1. The van der Waals surface area contributed by atoms with Gasteiger partial charge < -0.3 is 5.73 Å². The van der Waals surface area contributed by atoms with E-state index in [0.29, 0.717) is 13.0 Å². The zero-order valence-electron chi connectivity index (χ0n) is 7.86. The molecule has 2 aromatic heterocycles. The highest BCUT2D eigenvalue weighted by Crippen LogP contribution is 2.09. The topological polar surface area (TPSA) is 60.4 Å². The zero-order chi connectivity index (χ0) is 10.1. The average Bonchev–Trinajstić information content (AvgIpc) is 2.60. The lowest BCUT2D eigenvalue weighted by Gasteiger charge is -2.02. The molecular weight excluding hydrogens is 198 g/mol. The molecule has 2 rings (SSSR count). The minimum Gasteiger partial charge on any atom is -0.330 e. The van der Waals surface area contributed by atoms with Gasteiger partial charge >= 0.3 is 0 Å². The lowest BCUT2D eigenvalue weighted by molar-refractivity contribution is 0.893. The van der Waals surface area contributed by atoms with E-state index in [-0.39, 0.29) is 5.56 Å². The van der Waals surface area contributed by atoms with E-state index in [1.807, 2.05) is 12.3 Å². The van der Waals surface area contributed by atoms with E-state index in [9.17, 15) is 4.79 Å². The van der Waals surface area contributed by atoms with Gasteiger partial charge in [-0.2, -0.15) is 0 Å². The van der Waals surface area contributed by atoms with Gasteiger partial charge in [0.15, 0.2) is 4.96 Å². The molecule has 0 spiro atoms. The van der Waals surface area contributed by atoms with Gasteiger partial charge in [-0.3, -0.25) is 9.20 Å². The molecule has 2 N–H and O–H groups in total. The molecule has 0 unspecified atom stereocenters. The second-order valence-corrected chi connectivity index (χ2v) is 3.95. The second kappa shape index (κ2) is 3.51. The first-order valence-corrected chi connectivity index (χ1v) is 5.27. The molecule has 0 saturated heterocycles. The lowest BCUT2D eigenvalue weighted by atomic mass is 10.2. The Hall–Kier alpha value is -1.20. The lowest BCUT2D eigenvalue weighted by Crippen LogP contribution is -2.22. The molecular formula is C9H11N3OS. The Morgan fingerprint density at radius 1 is 1.64 bits per heavy atom. The van der Waals surface area contributed by atoms with E-state index in [0.717, 1.165) is 16.2 Å². The molecule has 2 aromatic rings. The molecule has 0 bridgehead atoms. The quantitative estimate of drug-likeness (QED) is 0.786. The van der Waals surface area contributed by atoms with Crippen molar-refractivity contribution >= 4 is 16.3 Å². The van der Waals surface area contributed by atoms with Crippen LogP contribution in [0, 0.1) is 6.92 Å². The van der Waals surface area contributed by atoms with Crippen molar-refractivity contribution in [2.45, 2.75) is 13.3 Å². The number of nitrogens with zero attached hydrogens (tertiary/aromatic N) is 2. The summed E-state index contributed by atoms with van der Waals surface area (Å²) in [6, 6.07) is 0. The van der Waals surface area contributed by atoms with Crippen LogP contribution in [-0.2, 0) is 6.42 Å². The van der Waals surface area contributed by atoms with Crippen molar-refractivity contribution in [3.05, 3.63) is 33.2 Å². The maximum atomic E-state index is 11.9. The highest BCUT2D eigenvalue weighted by Gasteiger charge is 2.08. The molecule has 0 saturated carbocycles. The van der Waals surface area contributed by atoms with E-state index < -0.39 is 0 Å². The van der Waals surface area contributed by atoms with Gasteiger partial charge in [-0.1, -0.05) is 0 Å². The van der Waals surface area contributed by atoms with Crippen LogP contribution in [0.1, 0.15) is 11.3 Å². The summed E-state index contributed by atoms with van der Waals surface area (Å²) in [5, 5.41) is 1.86. The number of aromatic nitrogens is 2. The number of fused-ring (bicyclic) bond motifs is 1. The first-order chi connectivity index (χ1) is 6.74. The Labute approximate surface area is 85.0 Å². The number of thiazole rings is 1. The number of aryl methyl sites for hydroxylation is 1. The normalized spacial score (nSPS) is 11.0. The summed E-state index contributed by atoms with van der Waals surface area (Å²) >= 11 is 1.46. The molecule has 4 nitrogen and oxygen atoms in total. The third-order valence-corrected chi connectivity index (χ3v) is 2.92. The van der Waals surface area contributed by atoms with E-state index in [4.69, 9.17) is 5.73 Å². The largest absolute Gasteiger partial charge is 0.330 e. The van der Waals surface area contributed by atoms with Crippen molar-refractivity contribution in [2.75, 3.05) is 6.54 Å². The maximum absolute atomic E-state index is 11.9. The molecule has 74 valence electrons. The summed E-state index contributed by atoms with van der Waals surface area (Å²) < 4.78 is 1.57. The minimum absolute atomic E-state index is 0.0131. The van der Waals surface area contributed by atoms with Crippen LogP contribution in [0.4, 0.5) is 0 Å². The van der Waals surface area contributed by atoms with Crippen LogP contribution >= 0.6 is 11.3 Å². The van der Waals surface area contributed by atoms with Crippen molar-refractivity contribution in [2.24, 2.45) is 5.73 Å². The Kier molecular flexibility index (Phi) is 2.35. The monoisotopic (exact) mass is 209 g/mol. The van der Waals surface area contributed by atoms with Crippen LogP contribution in [0.25, 0.3) is 4.96 Å². The first kappa shape index (κ1) is 9.36. The van der Waals surface area contributed by atoms with Crippen molar-refractivity contribution in [1.82, 2.24) is 9.38 Å². The van der Waals surface area contributed by atoms with Crippen LogP contribution in [0.15, 0.2) is 16.4 Å². The molecule has 0 fully saturated rings. The fraction of sp³-hybridized carbons (Fsp3) is 0.333. The van der Waals surface area contributed by atoms with Crippen molar-refractivity contribution in [3.8, 4) is 0 Å². The summed E-state index contributed by atoms with van der Waals surface area (Å²) in [4.78, 5) is 17.0. The van der Waals surface area contributed by atoms with Gasteiger partial charge in [0.2, 0.25) is 0 Å². The molecule has 0 aliphatic rings. The van der Waals surface area contributed by atoms with E-state index >= 15 is 0 Å². The van der Waals surface area contributed by atoms with Crippen molar-refractivity contribution < 1.29 is 0 Å². The predicted molar refractivity (Wildman–Crippen MR) is 56.8 cm³/mol. The Bertz CT molecular complexity index is 514. The van der Waals surface area contributed by atoms with Crippen molar-refractivity contribution in [3.63, 3.8) is 0 Å². The Morgan fingerprint density at radius 3 is 3.14 bits per heavy atom. The van der Waals surface area contributed by atoms with E-state index in [2.05, 4.69) is 4.98 Å². The molecule has 0 aliphatic heterocycles. The summed E-state index contributed by atoms with van der Waals surface area (Å²) in [5.41, 5.74) is 6.98. The van der Waals surface area contributed by atoms with Crippen LogP contribution in [0.3, 0.4) is 0 Å². The molecule has 5 heteroatoms. The first-order valence-electron chi connectivity index (χ1n) is 4.39. The van der Waals surface area contributed by atoms with E-state index in [1.54, 1.807) is 10.6 Å². The molecule has 0 aliphatic carbocycles. The third kappa shape index (κ3) is 1.34. The van der Waals surface area contributed by atoms with Gasteiger partial charge in [-0.05, 0) is 19.9 Å². The predicted octanol–water partition coefficient (Wildman–Crippen LogP) is 0.566. The van der Waals surface area contributed by atoms with Crippen LogP contribution in [-0.4, -0.2) is 15.9 Å². The maximum Gasteiger partial charge on any atom is 0.261 e. The fourth-order valence-electron chi connectivity index (χ4n) is 1.45. The molecule has 0 atom stereocenters. The number of nitrogens with two attached hydrogens (primary N) is 1. The van der Waals surface area contributed by atoms with Crippen LogP contribution in [0.5, 0.6) is 0 Å². The fourth-order valence-corrected chi connectivity index (χ4v) is 2.20. The summed E-state index contributed by atoms with van der Waals surface area (Å²) in [6.45, 7) is 2.33. The highest BCUT2D eigenvalue weighted by molar-refractivity contribution is 7.15. The number of hydrogen-bond acceptors (Lipinski definition) is 4. The molecule has 0 aromatic carbocycles. The van der Waals surface area contributed by atoms with Gasteiger partial charge in [-0.15, -0.1) is 11.3 Å². The standard InChI is InChI=1S/C9H11N3OS/c1-6-7(2-3-10)8(13)12-4-5-14-9(12)11-6/h4-5H,2-3,10H2,1H3. The highest BCUT2D eigenvalue weighted by atomic mass is 32.1. The molecule has 2 heterocycles. The van der Waals surface area contributed by atoms with Gasteiger partial charge in [0.25, 0.3) is 5.56 Å². The zero-order valence-corrected chi connectivity index (χ0v) is 8.67. The molecule has 14 heavy (non-hydrogen) atoms. The van der Waals surface area contributed by atoms with Gasteiger partial charge in [0.1, 0.15) is 0 Å². The van der Waals surface area contributed by atoms with Gasteiger partial charge in [-0.25, -0.2) is 4.98 Å².